The number of aryl methyl sites for hydroxylation is 1. The maximum absolute atomic E-state index is 12.2. The third kappa shape index (κ3) is 3.94. The topological polar surface area (TPSA) is 94.3 Å². The van der Waals surface area contributed by atoms with E-state index in [2.05, 4.69) is 14.9 Å². The Hall–Kier alpha value is -2.09. The van der Waals surface area contributed by atoms with Gasteiger partial charge in [-0.1, -0.05) is 12.0 Å². The second-order valence-electron chi connectivity index (χ2n) is 4.60. The monoisotopic (exact) mass is 311 g/mol. The molecule has 0 saturated carbocycles. The highest BCUT2D eigenvalue weighted by molar-refractivity contribution is 7.92. The van der Waals surface area contributed by atoms with Crippen LogP contribution >= 0.6 is 0 Å². The summed E-state index contributed by atoms with van der Waals surface area (Å²) in [6.07, 6.45) is 0.562. The van der Waals surface area contributed by atoms with Gasteiger partial charge >= 0.3 is 6.01 Å². The number of hydrogen-bond acceptors (Lipinski definition) is 6. The number of benzene rings is 1. The molecule has 1 N–H and O–H groups in total. The predicted octanol–water partition coefficient (Wildman–Crippen LogP) is 2.22. The fraction of sp³-hybridized carbons (Fsp3) is 0.385. The Morgan fingerprint density at radius 1 is 1.24 bits per heavy atom. The molecule has 2 aromatic rings. The first-order chi connectivity index (χ1) is 9.90. The van der Waals surface area contributed by atoms with Gasteiger partial charge in [-0.2, -0.15) is 0 Å². The van der Waals surface area contributed by atoms with Gasteiger partial charge in [0.15, 0.2) is 0 Å². The summed E-state index contributed by atoms with van der Waals surface area (Å²) in [6, 6.07) is 5.96. The summed E-state index contributed by atoms with van der Waals surface area (Å²) in [6.45, 7) is 5.62. The first-order valence-corrected chi connectivity index (χ1v) is 8.01. The molecule has 0 spiro atoms. The van der Waals surface area contributed by atoms with Crippen LogP contribution in [0.4, 0.5) is 6.01 Å². The van der Waals surface area contributed by atoms with E-state index in [0.717, 1.165) is 0 Å². The molecule has 0 aliphatic rings. The van der Waals surface area contributed by atoms with Gasteiger partial charge in [-0.15, -0.1) is 5.10 Å². The van der Waals surface area contributed by atoms with Crippen molar-refractivity contribution < 1.29 is 17.6 Å². The molecule has 0 unspecified atom stereocenters. The molecule has 1 heterocycles. The number of nitrogens with one attached hydrogen (secondary N) is 1. The first-order valence-electron chi connectivity index (χ1n) is 6.52. The lowest BCUT2D eigenvalue weighted by molar-refractivity contribution is 0.242. The molecule has 7 nitrogen and oxygen atoms in total. The molecular weight excluding hydrogens is 294 g/mol. The smallest absolute Gasteiger partial charge is 0.329 e. The molecule has 0 aliphatic carbocycles. The molecule has 0 saturated heterocycles. The Kier molecular flexibility index (Phi) is 4.46. The Bertz CT molecular complexity index is 692. The van der Waals surface area contributed by atoms with Gasteiger partial charge in [-0.3, -0.25) is 0 Å². The molecular formula is C13H17N3O4S. The molecule has 0 atom stereocenters. The molecule has 0 amide bonds. The van der Waals surface area contributed by atoms with E-state index in [0.29, 0.717) is 18.1 Å². The van der Waals surface area contributed by atoms with Crippen LogP contribution in [0.25, 0.3) is 0 Å². The van der Waals surface area contributed by atoms with E-state index >= 15 is 0 Å². The molecule has 0 radical (unpaired) electrons. The van der Waals surface area contributed by atoms with Crippen molar-refractivity contribution in [3.8, 4) is 5.75 Å². The van der Waals surface area contributed by atoms with E-state index < -0.39 is 10.0 Å². The van der Waals surface area contributed by atoms with Crippen LogP contribution < -0.4 is 9.46 Å². The molecule has 1 aromatic heterocycles. The lowest BCUT2D eigenvalue weighted by atomic mass is 10.3. The van der Waals surface area contributed by atoms with Crippen LogP contribution in [0.5, 0.6) is 5.75 Å². The van der Waals surface area contributed by atoms with Gasteiger partial charge in [0.2, 0.25) is 5.89 Å². The number of hydrogen-bond donors (Lipinski definition) is 1. The highest BCUT2D eigenvalue weighted by Gasteiger charge is 2.17. The van der Waals surface area contributed by atoms with E-state index in [1.54, 1.807) is 12.1 Å². The minimum absolute atomic E-state index is 0.0245. The molecule has 1 aromatic carbocycles. The van der Waals surface area contributed by atoms with Crippen molar-refractivity contribution in [3.63, 3.8) is 0 Å². The number of nitrogens with zero attached hydrogens (tertiary/aromatic N) is 2. The van der Waals surface area contributed by atoms with Gasteiger partial charge in [0.05, 0.1) is 11.0 Å². The number of anilines is 1. The van der Waals surface area contributed by atoms with Crippen LogP contribution in [-0.4, -0.2) is 24.7 Å². The molecule has 21 heavy (non-hydrogen) atoms. The van der Waals surface area contributed by atoms with Crippen LogP contribution in [0.2, 0.25) is 0 Å². The third-order valence-corrected chi connectivity index (χ3v) is 3.83. The SMILES string of the molecule is CCc1nnc(NS(=O)(=O)c2ccc(OC(C)C)cc2)o1. The van der Waals surface area contributed by atoms with Crippen molar-refractivity contribution >= 4 is 16.0 Å². The van der Waals surface area contributed by atoms with Crippen LogP contribution in [0.1, 0.15) is 26.7 Å². The maximum atomic E-state index is 12.2. The summed E-state index contributed by atoms with van der Waals surface area (Å²) in [5.74, 6) is 0.975. The van der Waals surface area contributed by atoms with Crippen molar-refractivity contribution in [3.05, 3.63) is 30.2 Å². The Labute approximate surface area is 123 Å². The minimum Gasteiger partial charge on any atom is -0.491 e. The van der Waals surface area contributed by atoms with Crippen molar-refractivity contribution in [2.24, 2.45) is 0 Å². The average Bonchev–Trinajstić information content (AvgIpc) is 2.85. The molecule has 2 rings (SSSR count). The molecule has 114 valence electrons. The van der Waals surface area contributed by atoms with Crippen LogP contribution in [0, 0.1) is 0 Å². The fourth-order valence-corrected chi connectivity index (χ4v) is 2.51. The van der Waals surface area contributed by atoms with Gasteiger partial charge in [0.25, 0.3) is 10.0 Å². The second kappa shape index (κ2) is 6.13. The standard InChI is InChI=1S/C13H17N3O4S/c1-4-12-14-15-13(20-12)16-21(17,18)11-7-5-10(6-8-11)19-9(2)3/h5-9H,4H2,1-3H3,(H,15,16). The fourth-order valence-electron chi connectivity index (χ4n) is 1.58. The number of ether oxygens (including phenoxy) is 1. The summed E-state index contributed by atoms with van der Waals surface area (Å²) in [5, 5.41) is 7.32. The summed E-state index contributed by atoms with van der Waals surface area (Å²) < 4.78 is 37.1. The predicted molar refractivity (Wildman–Crippen MR) is 76.7 cm³/mol. The number of sulfonamides is 1. The summed E-state index contributed by atoms with van der Waals surface area (Å²) in [5.41, 5.74) is 0. The van der Waals surface area contributed by atoms with Crippen molar-refractivity contribution in [1.29, 1.82) is 0 Å². The van der Waals surface area contributed by atoms with E-state index in [1.165, 1.54) is 12.1 Å². The number of aromatic nitrogens is 2. The Morgan fingerprint density at radius 3 is 2.43 bits per heavy atom. The summed E-state index contributed by atoms with van der Waals surface area (Å²) >= 11 is 0. The largest absolute Gasteiger partial charge is 0.491 e. The van der Waals surface area contributed by atoms with E-state index in [4.69, 9.17) is 9.15 Å². The zero-order chi connectivity index (χ0) is 15.5. The van der Waals surface area contributed by atoms with Crippen LogP contribution in [0.3, 0.4) is 0 Å². The van der Waals surface area contributed by atoms with Gasteiger partial charge in [0.1, 0.15) is 5.75 Å². The zero-order valence-electron chi connectivity index (χ0n) is 12.0. The second-order valence-corrected chi connectivity index (χ2v) is 6.28. The lowest BCUT2D eigenvalue weighted by Crippen LogP contribution is -2.13. The normalized spacial score (nSPS) is 11.6. The molecule has 8 heteroatoms. The van der Waals surface area contributed by atoms with Gasteiger partial charge in [-0.25, -0.2) is 13.1 Å². The zero-order valence-corrected chi connectivity index (χ0v) is 12.8. The highest BCUT2D eigenvalue weighted by Crippen LogP contribution is 2.19. The maximum Gasteiger partial charge on any atom is 0.329 e. The third-order valence-electron chi connectivity index (χ3n) is 2.50. The average molecular weight is 311 g/mol. The van der Waals surface area contributed by atoms with Crippen LogP contribution in [-0.2, 0) is 16.4 Å². The van der Waals surface area contributed by atoms with Crippen LogP contribution in [0.15, 0.2) is 33.6 Å². The minimum atomic E-state index is -3.76. The van der Waals surface area contributed by atoms with Crippen molar-refractivity contribution in [2.75, 3.05) is 4.72 Å². The van der Waals surface area contributed by atoms with E-state index in [1.807, 2.05) is 20.8 Å². The molecule has 0 bridgehead atoms. The first kappa shape index (κ1) is 15.3. The lowest BCUT2D eigenvalue weighted by Gasteiger charge is -2.10. The van der Waals surface area contributed by atoms with E-state index in [9.17, 15) is 8.42 Å². The summed E-state index contributed by atoms with van der Waals surface area (Å²) in [4.78, 5) is 0.0925. The van der Waals surface area contributed by atoms with E-state index in [-0.39, 0.29) is 17.0 Å². The Balaban J connectivity index is 2.15. The Morgan fingerprint density at radius 2 is 1.90 bits per heavy atom. The van der Waals surface area contributed by atoms with Crippen molar-refractivity contribution in [2.45, 2.75) is 38.2 Å². The van der Waals surface area contributed by atoms with Gasteiger partial charge < -0.3 is 9.15 Å². The van der Waals surface area contributed by atoms with Gasteiger partial charge in [-0.05, 0) is 38.1 Å². The highest BCUT2D eigenvalue weighted by atomic mass is 32.2. The molecule has 0 aliphatic heterocycles. The quantitative estimate of drug-likeness (QED) is 0.879. The van der Waals surface area contributed by atoms with Gasteiger partial charge in [0, 0.05) is 6.42 Å². The van der Waals surface area contributed by atoms with Crippen molar-refractivity contribution in [1.82, 2.24) is 10.2 Å². The summed E-state index contributed by atoms with van der Waals surface area (Å²) in [7, 11) is -3.76. The number of rotatable bonds is 6. The molecule has 0 fully saturated rings.